The smallest absolute Gasteiger partial charge is 0.375 e. The van der Waals surface area contributed by atoms with Crippen LogP contribution in [0.3, 0.4) is 0 Å². The van der Waals surface area contributed by atoms with E-state index in [-0.39, 0.29) is 30.0 Å². The third-order valence-corrected chi connectivity index (χ3v) is 9.57. The first-order valence-electron chi connectivity index (χ1n) is 12.7. The highest BCUT2D eigenvalue weighted by Gasteiger charge is 2.76. The number of hydrogen-bond acceptors (Lipinski definition) is 8. The van der Waals surface area contributed by atoms with Gasteiger partial charge in [-0.05, 0) is 68.4 Å². The van der Waals surface area contributed by atoms with Gasteiger partial charge in [0.25, 0.3) is 0 Å². The molecule has 3 saturated carbocycles. The number of hydrogen-bond donors (Lipinski definition) is 1. The van der Waals surface area contributed by atoms with Crippen LogP contribution in [0.4, 0.5) is 4.39 Å². The zero-order valence-electron chi connectivity index (χ0n) is 21.6. The molecular weight excluding hydrogens is 495 g/mol. The molecule has 0 amide bonds. The van der Waals surface area contributed by atoms with E-state index in [1.165, 1.54) is 30.5 Å². The first kappa shape index (κ1) is 26.3. The standard InChI is InChI=1S/C29H31FO8/c1-16-12-21-20-8-7-18-13-19(32)9-10-26(18,3)28(20,30)23(33)14-27(21,4)29(16,24(34)15-37-17(2)31)38-25(35)22-6-5-11-36-22/h5-6,9-11,13,20-21,23,33H,1,7-8,12,14-15H2,2-4H3/t20?,21?,23?,26?,27?,28-,29-/m0/s1. The van der Waals surface area contributed by atoms with Gasteiger partial charge in [-0.1, -0.05) is 25.2 Å². The molecule has 0 spiro atoms. The second kappa shape index (κ2) is 8.59. The fraction of sp³-hybridized carbons (Fsp3) is 0.517. The molecule has 4 aliphatic carbocycles. The van der Waals surface area contributed by atoms with Crippen LogP contribution >= 0.6 is 0 Å². The average molecular weight is 527 g/mol. The quantitative estimate of drug-likeness (QED) is 0.454. The Bertz CT molecular complexity index is 1290. The van der Waals surface area contributed by atoms with Crippen LogP contribution in [0, 0.1) is 22.7 Å². The molecule has 1 heterocycles. The zero-order chi connectivity index (χ0) is 27.7. The summed E-state index contributed by atoms with van der Waals surface area (Å²) in [5.41, 5.74) is -5.74. The van der Waals surface area contributed by atoms with Gasteiger partial charge in [-0.15, -0.1) is 0 Å². The van der Waals surface area contributed by atoms with E-state index in [0.29, 0.717) is 18.4 Å². The molecule has 5 rings (SSSR count). The van der Waals surface area contributed by atoms with Crippen molar-refractivity contribution in [2.45, 2.75) is 63.8 Å². The Morgan fingerprint density at radius 3 is 2.66 bits per heavy atom. The summed E-state index contributed by atoms with van der Waals surface area (Å²) >= 11 is 0. The van der Waals surface area contributed by atoms with Gasteiger partial charge in [0.2, 0.25) is 17.1 Å². The van der Waals surface area contributed by atoms with Crippen molar-refractivity contribution in [3.05, 3.63) is 60.1 Å². The van der Waals surface area contributed by atoms with Crippen molar-refractivity contribution < 1.29 is 42.6 Å². The number of rotatable bonds is 5. The number of ether oxygens (including phenoxy) is 2. The number of ketones is 2. The van der Waals surface area contributed by atoms with E-state index in [2.05, 4.69) is 6.58 Å². The van der Waals surface area contributed by atoms with Crippen molar-refractivity contribution in [1.29, 1.82) is 0 Å². The number of alkyl halides is 1. The summed E-state index contributed by atoms with van der Waals surface area (Å²) in [4.78, 5) is 50.6. The maximum atomic E-state index is 17.4. The van der Waals surface area contributed by atoms with Crippen LogP contribution in [0.2, 0.25) is 0 Å². The molecule has 4 aliphatic rings. The van der Waals surface area contributed by atoms with Crippen molar-refractivity contribution in [2.75, 3.05) is 6.61 Å². The molecule has 0 saturated heterocycles. The Hall–Kier alpha value is -3.33. The summed E-state index contributed by atoms with van der Waals surface area (Å²) in [5.74, 6) is -3.97. The summed E-state index contributed by atoms with van der Waals surface area (Å²) in [7, 11) is 0. The third-order valence-electron chi connectivity index (χ3n) is 9.57. The van der Waals surface area contributed by atoms with Gasteiger partial charge in [0.05, 0.1) is 12.4 Å². The van der Waals surface area contributed by atoms with Crippen molar-refractivity contribution >= 4 is 23.5 Å². The van der Waals surface area contributed by atoms with Crippen LogP contribution in [-0.2, 0) is 23.9 Å². The van der Waals surface area contributed by atoms with Crippen molar-refractivity contribution in [3.8, 4) is 0 Å². The largest absolute Gasteiger partial charge is 0.458 e. The molecular formula is C29H31FO8. The number of halogens is 1. The Kier molecular flexibility index (Phi) is 5.94. The molecule has 1 aromatic heterocycles. The van der Waals surface area contributed by atoms with Gasteiger partial charge in [0, 0.05) is 23.7 Å². The molecule has 202 valence electrons. The first-order valence-corrected chi connectivity index (χ1v) is 12.7. The third kappa shape index (κ3) is 3.30. The Morgan fingerprint density at radius 1 is 1.26 bits per heavy atom. The van der Waals surface area contributed by atoms with E-state index < -0.39 is 64.4 Å². The molecule has 5 unspecified atom stereocenters. The normalized spacial score (nSPS) is 39.5. The number of fused-ring (bicyclic) bond motifs is 5. The van der Waals surface area contributed by atoms with Crippen LogP contribution in [-0.4, -0.2) is 52.6 Å². The highest BCUT2D eigenvalue weighted by Crippen LogP contribution is 2.71. The SMILES string of the molecule is C=C1CC2C3CCC4=CC(=O)C=CC4(C)[C@@]3(F)C(O)CC2(C)[C@@]1(OC(=O)c1ccco1)C(=O)COC(C)=O. The van der Waals surface area contributed by atoms with Gasteiger partial charge in [-0.2, -0.15) is 0 Å². The number of carbonyl (C=O) groups excluding carboxylic acids is 4. The molecule has 38 heavy (non-hydrogen) atoms. The first-order chi connectivity index (χ1) is 17.8. The zero-order valence-corrected chi connectivity index (χ0v) is 21.6. The number of aliphatic hydroxyl groups is 1. The molecule has 7 atom stereocenters. The minimum absolute atomic E-state index is 0.141. The summed E-state index contributed by atoms with van der Waals surface area (Å²) in [5, 5.41) is 11.6. The van der Waals surface area contributed by atoms with Crippen molar-refractivity contribution in [2.24, 2.45) is 22.7 Å². The molecule has 3 fully saturated rings. The summed E-state index contributed by atoms with van der Waals surface area (Å²) in [6.45, 7) is 7.98. The summed E-state index contributed by atoms with van der Waals surface area (Å²) < 4.78 is 33.6. The molecule has 1 N–H and O–H groups in total. The minimum atomic E-state index is -2.14. The van der Waals surface area contributed by atoms with E-state index in [0.717, 1.165) is 6.92 Å². The molecule has 0 aromatic carbocycles. The number of carbonyl (C=O) groups is 4. The van der Waals surface area contributed by atoms with Crippen LogP contribution in [0.25, 0.3) is 0 Å². The van der Waals surface area contributed by atoms with E-state index in [1.54, 1.807) is 19.9 Å². The summed E-state index contributed by atoms with van der Waals surface area (Å²) in [6.07, 6.45) is 4.75. The van der Waals surface area contributed by atoms with E-state index >= 15 is 4.39 Å². The monoisotopic (exact) mass is 526 g/mol. The van der Waals surface area contributed by atoms with Gasteiger partial charge in [-0.25, -0.2) is 9.18 Å². The second-order valence-corrected chi connectivity index (χ2v) is 11.3. The molecule has 8 nitrogen and oxygen atoms in total. The van der Waals surface area contributed by atoms with Crippen molar-refractivity contribution in [3.63, 3.8) is 0 Å². The number of Topliss-reactive ketones (excluding diaryl/α,β-unsaturated/α-hetero) is 1. The topological polar surface area (TPSA) is 120 Å². The van der Waals surface area contributed by atoms with Gasteiger partial charge < -0.3 is 19.0 Å². The van der Waals surface area contributed by atoms with Crippen LogP contribution in [0.1, 0.15) is 57.0 Å². The molecule has 0 radical (unpaired) electrons. The number of allylic oxidation sites excluding steroid dienone is 4. The van der Waals surface area contributed by atoms with E-state index in [4.69, 9.17) is 13.9 Å². The summed E-state index contributed by atoms with van der Waals surface area (Å²) in [6, 6.07) is 2.88. The average Bonchev–Trinajstić information content (AvgIpc) is 3.46. The highest BCUT2D eigenvalue weighted by atomic mass is 19.1. The second-order valence-electron chi connectivity index (χ2n) is 11.3. The molecule has 9 heteroatoms. The number of esters is 2. The lowest BCUT2D eigenvalue weighted by Crippen LogP contribution is -2.69. The van der Waals surface area contributed by atoms with Crippen LogP contribution in [0.5, 0.6) is 0 Å². The maximum Gasteiger partial charge on any atom is 0.375 e. The Labute approximate surface area is 219 Å². The Balaban J connectivity index is 1.61. The van der Waals surface area contributed by atoms with Crippen LogP contribution in [0.15, 0.2) is 58.8 Å². The van der Waals surface area contributed by atoms with E-state index in [9.17, 15) is 24.3 Å². The van der Waals surface area contributed by atoms with Crippen LogP contribution < -0.4 is 0 Å². The lowest BCUT2D eigenvalue weighted by Gasteiger charge is -2.62. The fourth-order valence-corrected chi connectivity index (χ4v) is 7.77. The van der Waals surface area contributed by atoms with Gasteiger partial charge in [0.1, 0.15) is 0 Å². The maximum absolute atomic E-state index is 17.4. The minimum Gasteiger partial charge on any atom is -0.458 e. The predicted octanol–water partition coefficient (Wildman–Crippen LogP) is 3.84. The van der Waals surface area contributed by atoms with Gasteiger partial charge >= 0.3 is 11.9 Å². The fourth-order valence-electron chi connectivity index (χ4n) is 7.77. The predicted molar refractivity (Wildman–Crippen MR) is 131 cm³/mol. The van der Waals surface area contributed by atoms with Crippen molar-refractivity contribution in [1.82, 2.24) is 0 Å². The molecule has 0 bridgehead atoms. The highest BCUT2D eigenvalue weighted by molar-refractivity contribution is 6.01. The number of furan rings is 1. The van der Waals surface area contributed by atoms with Gasteiger partial charge in [-0.3, -0.25) is 14.4 Å². The lowest BCUT2D eigenvalue weighted by atomic mass is 9.44. The number of aliphatic hydroxyl groups excluding tert-OH is 1. The molecule has 0 aliphatic heterocycles. The Morgan fingerprint density at radius 2 is 2.00 bits per heavy atom. The van der Waals surface area contributed by atoms with E-state index in [1.807, 2.05) is 0 Å². The molecule has 1 aromatic rings. The lowest BCUT2D eigenvalue weighted by molar-refractivity contribution is -0.215. The van der Waals surface area contributed by atoms with Gasteiger partial charge in [0.15, 0.2) is 18.1 Å².